The number of aromatic nitrogens is 3. The standard InChI is InChI=1S/C22H17N3O2/c1-12-10-19(23-11-13(12)2)17-8-4-6-15-16-7-5-9-18(21(16)27-20(15)17)22-25-24-14(3)26-22/h4-11H,1-3H3/i1D3,2D3,3D3. The van der Waals surface area contributed by atoms with Gasteiger partial charge in [0.1, 0.15) is 11.2 Å². The number of pyridine rings is 1. The molecule has 3 aromatic heterocycles. The number of furan rings is 1. The van der Waals surface area contributed by atoms with Gasteiger partial charge in [-0.2, -0.15) is 0 Å². The molecule has 0 bridgehead atoms. The molecule has 0 atom stereocenters. The molecule has 5 aromatic rings. The van der Waals surface area contributed by atoms with Crippen LogP contribution in [0.3, 0.4) is 0 Å². The molecule has 5 nitrogen and oxygen atoms in total. The average Bonchev–Trinajstić information content (AvgIpc) is 3.42. The minimum atomic E-state index is -2.67. The molecule has 0 aliphatic rings. The molecule has 0 saturated carbocycles. The summed E-state index contributed by atoms with van der Waals surface area (Å²) in [5.41, 5.74) is 1.13. The Balaban J connectivity index is 1.73. The van der Waals surface area contributed by atoms with E-state index >= 15 is 0 Å². The average molecular weight is 364 g/mol. The van der Waals surface area contributed by atoms with Gasteiger partial charge in [-0.15, -0.1) is 10.2 Å². The second kappa shape index (κ2) is 5.77. The molecule has 5 heteroatoms. The molecule has 0 unspecified atom stereocenters. The van der Waals surface area contributed by atoms with Crippen LogP contribution in [0, 0.1) is 20.6 Å². The van der Waals surface area contributed by atoms with Gasteiger partial charge >= 0.3 is 0 Å². The molecule has 0 N–H and O–H groups in total. The van der Waals surface area contributed by atoms with E-state index in [0.29, 0.717) is 33.1 Å². The first kappa shape index (κ1) is 8.95. The van der Waals surface area contributed by atoms with E-state index in [2.05, 4.69) is 15.2 Å². The predicted molar refractivity (Wildman–Crippen MR) is 104 cm³/mol. The van der Waals surface area contributed by atoms with E-state index in [1.54, 1.807) is 36.4 Å². The Bertz CT molecular complexity index is 1610. The lowest BCUT2D eigenvalue weighted by Crippen LogP contribution is -1.88. The summed E-state index contributed by atoms with van der Waals surface area (Å²) >= 11 is 0. The van der Waals surface area contributed by atoms with Gasteiger partial charge in [-0.25, -0.2) is 0 Å². The zero-order chi connectivity index (χ0) is 26.0. The SMILES string of the molecule is [2H]C([2H])([2H])c1nnc(-c2cccc3c2oc2c(-c4cc(C([2H])([2H])[2H])c(C([2H])([2H])[2H])cn4)cccc23)o1. The summed E-state index contributed by atoms with van der Waals surface area (Å²) in [5.74, 6) is -0.529. The van der Waals surface area contributed by atoms with Gasteiger partial charge < -0.3 is 8.83 Å². The van der Waals surface area contributed by atoms with Gasteiger partial charge in [-0.1, -0.05) is 24.3 Å². The van der Waals surface area contributed by atoms with Crippen LogP contribution in [0.2, 0.25) is 0 Å². The highest BCUT2D eigenvalue weighted by Gasteiger charge is 2.18. The fourth-order valence-corrected chi connectivity index (χ4v) is 3.13. The smallest absolute Gasteiger partial charge is 0.251 e. The van der Waals surface area contributed by atoms with Crippen LogP contribution in [0.5, 0.6) is 0 Å². The Hall–Kier alpha value is -3.47. The minimum Gasteiger partial charge on any atom is -0.455 e. The highest BCUT2D eigenvalue weighted by atomic mass is 16.4. The monoisotopic (exact) mass is 364 g/mol. The lowest BCUT2D eigenvalue weighted by molar-refractivity contribution is 0.532. The molecule has 0 aliphatic carbocycles. The molecule has 0 saturated heterocycles. The zero-order valence-electron chi connectivity index (χ0n) is 22.8. The van der Waals surface area contributed by atoms with Crippen LogP contribution in [0.1, 0.15) is 29.4 Å². The van der Waals surface area contributed by atoms with Crippen LogP contribution in [-0.2, 0) is 0 Å². The van der Waals surface area contributed by atoms with Crippen LogP contribution in [0.25, 0.3) is 44.7 Å². The van der Waals surface area contributed by atoms with E-state index in [1.807, 2.05) is 0 Å². The Morgan fingerprint density at radius 2 is 1.59 bits per heavy atom. The molecule has 27 heavy (non-hydrogen) atoms. The van der Waals surface area contributed by atoms with Crippen molar-refractivity contribution in [1.29, 1.82) is 0 Å². The number of para-hydroxylation sites is 2. The van der Waals surface area contributed by atoms with Crippen molar-refractivity contribution in [3.8, 4) is 22.7 Å². The first-order chi connectivity index (χ1) is 16.7. The van der Waals surface area contributed by atoms with Crippen LogP contribution < -0.4 is 0 Å². The van der Waals surface area contributed by atoms with E-state index in [4.69, 9.17) is 21.2 Å². The van der Waals surface area contributed by atoms with Gasteiger partial charge in [-0.05, 0) is 43.0 Å². The largest absolute Gasteiger partial charge is 0.455 e. The first-order valence-corrected chi connectivity index (χ1v) is 8.05. The van der Waals surface area contributed by atoms with Crippen molar-refractivity contribution in [2.24, 2.45) is 0 Å². The highest BCUT2D eigenvalue weighted by Crippen LogP contribution is 2.39. The van der Waals surface area contributed by atoms with E-state index in [0.717, 1.165) is 6.20 Å². The molecule has 0 fully saturated rings. The summed E-state index contributed by atoms with van der Waals surface area (Å²) in [6, 6.07) is 11.7. The van der Waals surface area contributed by atoms with Gasteiger partial charge in [0, 0.05) is 41.7 Å². The van der Waals surface area contributed by atoms with E-state index in [-0.39, 0.29) is 22.7 Å². The van der Waals surface area contributed by atoms with Gasteiger partial charge in [-0.3, -0.25) is 4.98 Å². The molecular weight excluding hydrogens is 338 g/mol. The maximum Gasteiger partial charge on any atom is 0.251 e. The first-order valence-electron chi connectivity index (χ1n) is 12.5. The summed E-state index contributed by atoms with van der Waals surface area (Å²) in [4.78, 5) is 4.25. The zero-order valence-corrected chi connectivity index (χ0v) is 13.8. The Morgan fingerprint density at radius 3 is 2.33 bits per heavy atom. The van der Waals surface area contributed by atoms with Crippen molar-refractivity contribution in [2.75, 3.05) is 0 Å². The Kier molecular flexibility index (Phi) is 1.91. The fourth-order valence-electron chi connectivity index (χ4n) is 3.13. The topological polar surface area (TPSA) is 65.0 Å². The number of nitrogens with zero attached hydrogens (tertiary/aromatic N) is 3. The number of benzene rings is 2. The second-order valence-electron chi connectivity index (χ2n) is 5.99. The number of rotatable bonds is 2. The maximum atomic E-state index is 7.84. The lowest BCUT2D eigenvalue weighted by Gasteiger charge is -2.05. The van der Waals surface area contributed by atoms with Gasteiger partial charge in [0.15, 0.2) is 0 Å². The summed E-state index contributed by atoms with van der Waals surface area (Å²) in [6.45, 7) is -7.88. The van der Waals surface area contributed by atoms with E-state index in [1.165, 1.54) is 6.07 Å². The number of fused-ring (bicyclic) bond motifs is 3. The highest BCUT2D eigenvalue weighted by molar-refractivity contribution is 6.12. The molecule has 0 amide bonds. The summed E-state index contributed by atoms with van der Waals surface area (Å²) in [7, 11) is 0. The molecule has 132 valence electrons. The summed E-state index contributed by atoms with van der Waals surface area (Å²) in [6.07, 6.45) is 1.06. The third-order valence-electron chi connectivity index (χ3n) is 4.36. The third-order valence-corrected chi connectivity index (χ3v) is 4.36. The minimum absolute atomic E-state index is 0.0304. The predicted octanol–water partition coefficient (Wildman–Crippen LogP) is 5.62. The van der Waals surface area contributed by atoms with Crippen LogP contribution in [0.15, 0.2) is 57.5 Å². The van der Waals surface area contributed by atoms with Crippen molar-refractivity contribution in [3.63, 3.8) is 0 Å². The van der Waals surface area contributed by atoms with Crippen LogP contribution in [0.4, 0.5) is 0 Å². The summed E-state index contributed by atoms with van der Waals surface area (Å²) in [5, 5.41) is 8.83. The molecule has 2 aromatic carbocycles. The third kappa shape index (κ3) is 2.43. The van der Waals surface area contributed by atoms with Gasteiger partial charge in [0.05, 0.1) is 11.3 Å². The van der Waals surface area contributed by atoms with E-state index in [9.17, 15) is 0 Å². The fraction of sp³-hybridized carbons (Fsp3) is 0.136. The van der Waals surface area contributed by atoms with Crippen LogP contribution >= 0.6 is 0 Å². The molecular formula is C22H17N3O2. The van der Waals surface area contributed by atoms with Crippen molar-refractivity contribution in [1.82, 2.24) is 15.2 Å². The molecule has 0 radical (unpaired) electrons. The maximum absolute atomic E-state index is 7.84. The lowest BCUT2D eigenvalue weighted by atomic mass is 10.0. The number of hydrogen-bond donors (Lipinski definition) is 0. The van der Waals surface area contributed by atoms with Crippen molar-refractivity contribution >= 4 is 21.9 Å². The van der Waals surface area contributed by atoms with Crippen molar-refractivity contribution in [2.45, 2.75) is 20.6 Å². The molecule has 3 heterocycles. The summed E-state index contributed by atoms with van der Waals surface area (Å²) < 4.78 is 80.6. The normalized spacial score (nSPS) is 17.9. The van der Waals surface area contributed by atoms with Gasteiger partial charge in [0.25, 0.3) is 5.89 Å². The molecule has 5 rings (SSSR count). The Labute approximate surface area is 168 Å². The van der Waals surface area contributed by atoms with Crippen molar-refractivity contribution in [3.05, 3.63) is 65.7 Å². The molecule has 0 aliphatic heterocycles. The second-order valence-corrected chi connectivity index (χ2v) is 5.99. The number of hydrogen-bond acceptors (Lipinski definition) is 5. The van der Waals surface area contributed by atoms with E-state index < -0.39 is 26.4 Å². The quantitative estimate of drug-likeness (QED) is 0.406. The Morgan fingerprint density at radius 1 is 0.815 bits per heavy atom. The van der Waals surface area contributed by atoms with Gasteiger partial charge in [0.2, 0.25) is 5.89 Å². The number of aryl methyl sites for hydroxylation is 3. The van der Waals surface area contributed by atoms with Crippen molar-refractivity contribution < 1.29 is 21.2 Å². The van der Waals surface area contributed by atoms with Crippen LogP contribution in [-0.4, -0.2) is 15.2 Å². The molecule has 0 spiro atoms.